The first-order chi connectivity index (χ1) is 14.0. The molecule has 0 aliphatic carbocycles. The molecule has 0 aromatic heterocycles. The molecule has 10 heteroatoms. The molecule has 1 unspecified atom stereocenters. The summed E-state index contributed by atoms with van der Waals surface area (Å²) in [6.45, 7) is 1.46. The SMILES string of the molecule is CC(O)CC(=O)Nc1ccc(C(/C=C(/c2cc(Cl)cc(Cl)c2)C(F)(F)F)=N\O)cc1. The molecule has 0 heterocycles. The van der Waals surface area contributed by atoms with E-state index in [1.165, 1.54) is 37.3 Å². The van der Waals surface area contributed by atoms with Crippen LogP contribution in [0, 0.1) is 0 Å². The van der Waals surface area contributed by atoms with E-state index in [0.29, 0.717) is 11.8 Å². The second kappa shape index (κ2) is 9.97. The molecule has 0 aliphatic heterocycles. The van der Waals surface area contributed by atoms with Crippen molar-refractivity contribution in [2.75, 3.05) is 5.32 Å². The van der Waals surface area contributed by atoms with Crippen LogP contribution in [-0.2, 0) is 4.79 Å². The topological polar surface area (TPSA) is 81.9 Å². The quantitative estimate of drug-likeness (QED) is 0.301. The number of aliphatic hydroxyl groups is 1. The van der Waals surface area contributed by atoms with Crippen molar-refractivity contribution in [1.29, 1.82) is 0 Å². The molecule has 30 heavy (non-hydrogen) atoms. The first-order valence-electron chi connectivity index (χ1n) is 8.55. The highest BCUT2D eigenvalue weighted by molar-refractivity contribution is 6.35. The number of oxime groups is 1. The Morgan fingerprint density at radius 1 is 1.13 bits per heavy atom. The van der Waals surface area contributed by atoms with Crippen molar-refractivity contribution in [3.63, 3.8) is 0 Å². The molecule has 0 spiro atoms. The summed E-state index contributed by atoms with van der Waals surface area (Å²) in [6.07, 6.45) is -5.03. The number of carbonyl (C=O) groups excluding carboxylic acids is 1. The summed E-state index contributed by atoms with van der Waals surface area (Å²) in [5, 5.41) is 24.0. The molecule has 0 radical (unpaired) electrons. The number of nitrogens with zero attached hydrogens (tertiary/aromatic N) is 1. The van der Waals surface area contributed by atoms with Crippen molar-refractivity contribution in [1.82, 2.24) is 0 Å². The Labute approximate surface area is 180 Å². The Bertz CT molecular complexity index is 952. The average Bonchev–Trinajstić information content (AvgIpc) is 2.61. The standard InChI is InChI=1S/C20H17Cl2F3N2O3/c1-11(28)6-19(29)26-16-4-2-12(3-5-16)18(27-30)10-17(20(23,24)25)13-7-14(21)9-15(22)8-13/h2-5,7-11,28,30H,6H2,1H3,(H,26,29)/b17-10-,27-18-. The largest absolute Gasteiger partial charge is 0.417 e. The number of alkyl halides is 3. The molecule has 1 amide bonds. The number of allylic oxidation sites excluding steroid dienone is 2. The summed E-state index contributed by atoms with van der Waals surface area (Å²) in [7, 11) is 0. The van der Waals surface area contributed by atoms with Crippen LogP contribution in [0.3, 0.4) is 0 Å². The van der Waals surface area contributed by atoms with Crippen molar-refractivity contribution in [3.05, 3.63) is 69.7 Å². The Balaban J connectivity index is 2.37. The fraction of sp³-hybridized carbons (Fsp3) is 0.200. The zero-order chi connectivity index (χ0) is 22.5. The minimum absolute atomic E-state index is 0.0208. The van der Waals surface area contributed by atoms with E-state index in [2.05, 4.69) is 10.5 Å². The number of hydrogen-bond donors (Lipinski definition) is 3. The number of anilines is 1. The first kappa shape index (κ1) is 23.7. The van der Waals surface area contributed by atoms with Crippen molar-refractivity contribution >= 4 is 46.1 Å². The molecule has 0 saturated carbocycles. The van der Waals surface area contributed by atoms with Gasteiger partial charge in [-0.25, -0.2) is 0 Å². The lowest BCUT2D eigenvalue weighted by Gasteiger charge is -2.14. The Morgan fingerprint density at radius 3 is 2.17 bits per heavy atom. The number of halogens is 5. The summed E-state index contributed by atoms with van der Waals surface area (Å²) in [5.41, 5.74) is -1.22. The molecule has 5 nitrogen and oxygen atoms in total. The maximum absolute atomic E-state index is 13.6. The van der Waals surface area contributed by atoms with Crippen molar-refractivity contribution in [2.45, 2.75) is 25.6 Å². The number of aliphatic hydroxyl groups excluding tert-OH is 1. The van der Waals surface area contributed by atoms with Crippen LogP contribution >= 0.6 is 23.2 Å². The van der Waals surface area contributed by atoms with E-state index in [1.54, 1.807) is 0 Å². The Hall–Kier alpha value is -2.55. The summed E-state index contributed by atoms with van der Waals surface area (Å²) in [6, 6.07) is 9.11. The highest BCUT2D eigenvalue weighted by atomic mass is 35.5. The number of rotatable bonds is 6. The summed E-state index contributed by atoms with van der Waals surface area (Å²) in [5.74, 6) is -0.425. The second-order valence-corrected chi connectivity index (χ2v) is 7.25. The Morgan fingerprint density at radius 2 is 1.70 bits per heavy atom. The van der Waals surface area contributed by atoms with Crippen LogP contribution in [0.15, 0.2) is 53.7 Å². The van der Waals surface area contributed by atoms with Gasteiger partial charge in [-0.15, -0.1) is 0 Å². The van der Waals surface area contributed by atoms with Crippen LogP contribution in [0.2, 0.25) is 10.0 Å². The van der Waals surface area contributed by atoms with Gasteiger partial charge in [0.05, 0.1) is 18.1 Å². The minimum Gasteiger partial charge on any atom is -0.410 e. The zero-order valence-electron chi connectivity index (χ0n) is 15.5. The van der Waals surface area contributed by atoms with Gasteiger partial charge >= 0.3 is 6.18 Å². The van der Waals surface area contributed by atoms with Gasteiger partial charge < -0.3 is 15.6 Å². The lowest BCUT2D eigenvalue weighted by molar-refractivity contribution is -0.117. The summed E-state index contributed by atoms with van der Waals surface area (Å²) < 4.78 is 40.9. The third-order valence-electron chi connectivity index (χ3n) is 3.81. The van der Waals surface area contributed by atoms with Gasteiger partial charge in [0.25, 0.3) is 0 Å². The zero-order valence-corrected chi connectivity index (χ0v) is 17.1. The van der Waals surface area contributed by atoms with E-state index in [9.17, 15) is 28.3 Å². The van der Waals surface area contributed by atoms with Gasteiger partial charge in [0, 0.05) is 21.3 Å². The maximum atomic E-state index is 13.6. The molecule has 2 aromatic carbocycles. The average molecular weight is 461 g/mol. The van der Waals surface area contributed by atoms with E-state index < -0.39 is 23.8 Å². The van der Waals surface area contributed by atoms with Crippen LogP contribution in [0.1, 0.15) is 24.5 Å². The fourth-order valence-corrected chi connectivity index (χ4v) is 3.08. The van der Waals surface area contributed by atoms with Crippen LogP contribution in [-0.4, -0.2) is 34.2 Å². The van der Waals surface area contributed by atoms with Crippen molar-refractivity contribution in [3.8, 4) is 0 Å². The molecule has 0 aliphatic rings. The lowest BCUT2D eigenvalue weighted by Crippen LogP contribution is -2.17. The molecule has 0 saturated heterocycles. The molecular formula is C20H17Cl2F3N2O3. The number of hydrogen-bond acceptors (Lipinski definition) is 4. The van der Waals surface area contributed by atoms with Crippen LogP contribution in [0.4, 0.5) is 18.9 Å². The lowest BCUT2D eigenvalue weighted by atomic mass is 10.0. The van der Waals surface area contributed by atoms with Gasteiger partial charge in [-0.05, 0) is 48.9 Å². The summed E-state index contributed by atoms with van der Waals surface area (Å²) >= 11 is 11.6. The number of nitrogens with one attached hydrogen (secondary N) is 1. The number of carbonyl (C=O) groups is 1. The van der Waals surface area contributed by atoms with Crippen molar-refractivity contribution < 1.29 is 28.3 Å². The molecule has 2 aromatic rings. The molecule has 3 N–H and O–H groups in total. The Kier molecular flexibility index (Phi) is 7.89. The molecular weight excluding hydrogens is 444 g/mol. The van der Waals surface area contributed by atoms with E-state index >= 15 is 0 Å². The molecule has 160 valence electrons. The van der Waals surface area contributed by atoms with E-state index in [1.807, 2.05) is 0 Å². The number of amides is 1. The monoisotopic (exact) mass is 460 g/mol. The highest BCUT2D eigenvalue weighted by Crippen LogP contribution is 2.36. The van der Waals surface area contributed by atoms with Crippen LogP contribution in [0.5, 0.6) is 0 Å². The molecule has 0 fully saturated rings. The van der Waals surface area contributed by atoms with Gasteiger partial charge in [0.15, 0.2) is 0 Å². The van der Waals surface area contributed by atoms with Crippen LogP contribution in [0.25, 0.3) is 5.57 Å². The predicted octanol–water partition coefficient (Wildman–Crippen LogP) is 5.53. The van der Waals surface area contributed by atoms with Gasteiger partial charge in [-0.1, -0.05) is 40.5 Å². The summed E-state index contributed by atoms with van der Waals surface area (Å²) in [4.78, 5) is 11.7. The minimum atomic E-state index is -4.78. The third-order valence-corrected chi connectivity index (χ3v) is 4.25. The first-order valence-corrected chi connectivity index (χ1v) is 9.31. The maximum Gasteiger partial charge on any atom is 0.417 e. The van der Waals surface area contributed by atoms with Gasteiger partial charge in [-0.2, -0.15) is 13.2 Å². The second-order valence-electron chi connectivity index (χ2n) is 6.38. The smallest absolute Gasteiger partial charge is 0.410 e. The van der Waals surface area contributed by atoms with Gasteiger partial charge in [0.1, 0.15) is 5.71 Å². The highest BCUT2D eigenvalue weighted by Gasteiger charge is 2.35. The molecule has 2 rings (SSSR count). The van der Waals surface area contributed by atoms with Crippen molar-refractivity contribution in [2.24, 2.45) is 5.16 Å². The van der Waals surface area contributed by atoms with Crippen LogP contribution < -0.4 is 5.32 Å². The third kappa shape index (κ3) is 6.76. The predicted molar refractivity (Wildman–Crippen MR) is 110 cm³/mol. The van der Waals surface area contributed by atoms with E-state index in [-0.39, 0.29) is 33.3 Å². The van der Waals surface area contributed by atoms with E-state index in [0.717, 1.165) is 12.1 Å². The van der Waals surface area contributed by atoms with Gasteiger partial charge in [-0.3, -0.25) is 4.79 Å². The fourth-order valence-electron chi connectivity index (χ4n) is 2.55. The van der Waals surface area contributed by atoms with E-state index in [4.69, 9.17) is 23.2 Å². The number of benzene rings is 2. The molecule has 0 bridgehead atoms. The normalized spacial score (nSPS) is 13.8. The molecule has 1 atom stereocenters. The van der Waals surface area contributed by atoms with Gasteiger partial charge in [0.2, 0.25) is 5.91 Å².